The third-order valence-corrected chi connectivity index (χ3v) is 4.62. The van der Waals surface area contributed by atoms with Gasteiger partial charge in [0.05, 0.1) is 6.07 Å². The first-order valence-electron chi connectivity index (χ1n) is 7.77. The summed E-state index contributed by atoms with van der Waals surface area (Å²) in [6, 6.07) is 12.2. The van der Waals surface area contributed by atoms with E-state index in [4.69, 9.17) is 0 Å². The second-order valence-electron chi connectivity index (χ2n) is 6.42. The lowest BCUT2D eigenvalue weighted by Gasteiger charge is -2.41. The molecule has 21 heavy (non-hydrogen) atoms. The molecule has 0 aromatic heterocycles. The van der Waals surface area contributed by atoms with Gasteiger partial charge in [-0.15, -0.1) is 0 Å². The van der Waals surface area contributed by atoms with Gasteiger partial charge < -0.3 is 4.90 Å². The van der Waals surface area contributed by atoms with Crippen molar-refractivity contribution in [3.05, 3.63) is 35.9 Å². The van der Waals surface area contributed by atoms with Crippen molar-refractivity contribution in [1.29, 1.82) is 5.26 Å². The SMILES string of the molecule is CC1CC(C)C(C)N(C(=O)C(C#N)Cc2ccccc2)C1. The summed E-state index contributed by atoms with van der Waals surface area (Å²) >= 11 is 0. The molecule has 1 heterocycles. The van der Waals surface area contributed by atoms with Crippen LogP contribution < -0.4 is 0 Å². The van der Waals surface area contributed by atoms with Crippen molar-refractivity contribution >= 4 is 5.91 Å². The van der Waals surface area contributed by atoms with Crippen LogP contribution in [0.2, 0.25) is 0 Å². The van der Waals surface area contributed by atoms with Gasteiger partial charge in [0.1, 0.15) is 5.92 Å². The Morgan fingerprint density at radius 1 is 1.33 bits per heavy atom. The molecule has 1 saturated heterocycles. The maximum Gasteiger partial charge on any atom is 0.240 e. The minimum atomic E-state index is -0.577. The van der Waals surface area contributed by atoms with Crippen molar-refractivity contribution in [3.63, 3.8) is 0 Å². The molecule has 1 aromatic rings. The van der Waals surface area contributed by atoms with Gasteiger partial charge in [0.2, 0.25) is 5.91 Å². The Bertz CT molecular complexity index is 520. The number of benzene rings is 1. The standard InChI is InChI=1S/C18H24N2O/c1-13-9-14(2)15(3)20(12-13)18(21)17(11-19)10-16-7-5-4-6-8-16/h4-8,13-15,17H,9-10,12H2,1-3H3. The number of rotatable bonds is 3. The predicted octanol–water partition coefficient (Wildman–Crippen LogP) is 3.26. The average molecular weight is 284 g/mol. The highest BCUT2D eigenvalue weighted by Gasteiger charge is 2.35. The first-order chi connectivity index (χ1) is 10.0. The molecule has 0 bridgehead atoms. The molecule has 0 spiro atoms. The molecule has 1 amide bonds. The Hall–Kier alpha value is -1.82. The highest BCUT2D eigenvalue weighted by atomic mass is 16.2. The first-order valence-corrected chi connectivity index (χ1v) is 7.77. The fraction of sp³-hybridized carbons (Fsp3) is 0.556. The maximum absolute atomic E-state index is 12.7. The van der Waals surface area contributed by atoms with Crippen LogP contribution in [-0.2, 0) is 11.2 Å². The molecule has 4 unspecified atom stereocenters. The molecule has 2 rings (SSSR count). The smallest absolute Gasteiger partial charge is 0.240 e. The van der Waals surface area contributed by atoms with Crippen molar-refractivity contribution in [2.75, 3.05) is 6.54 Å². The molecule has 0 saturated carbocycles. The molecular formula is C18H24N2O. The zero-order valence-electron chi connectivity index (χ0n) is 13.1. The third-order valence-electron chi connectivity index (χ3n) is 4.62. The van der Waals surface area contributed by atoms with Gasteiger partial charge in [-0.05, 0) is 37.2 Å². The summed E-state index contributed by atoms with van der Waals surface area (Å²) in [6.45, 7) is 7.25. The van der Waals surface area contributed by atoms with Crippen molar-refractivity contribution in [1.82, 2.24) is 4.90 Å². The van der Waals surface area contributed by atoms with E-state index >= 15 is 0 Å². The summed E-state index contributed by atoms with van der Waals surface area (Å²) in [4.78, 5) is 14.7. The lowest BCUT2D eigenvalue weighted by Crippen LogP contribution is -2.51. The van der Waals surface area contributed by atoms with Gasteiger partial charge in [0.15, 0.2) is 0 Å². The molecule has 3 nitrogen and oxygen atoms in total. The van der Waals surface area contributed by atoms with E-state index in [1.807, 2.05) is 35.2 Å². The number of carbonyl (C=O) groups is 1. The number of nitrogens with zero attached hydrogens (tertiary/aromatic N) is 2. The second-order valence-corrected chi connectivity index (χ2v) is 6.42. The van der Waals surface area contributed by atoms with Gasteiger partial charge in [-0.3, -0.25) is 4.79 Å². The Morgan fingerprint density at radius 3 is 2.62 bits per heavy atom. The molecule has 1 aliphatic rings. The van der Waals surface area contributed by atoms with E-state index in [1.54, 1.807) is 0 Å². The topological polar surface area (TPSA) is 44.1 Å². The molecular weight excluding hydrogens is 260 g/mol. The van der Waals surface area contributed by atoms with E-state index in [2.05, 4.69) is 26.8 Å². The summed E-state index contributed by atoms with van der Waals surface area (Å²) in [5.41, 5.74) is 1.04. The van der Waals surface area contributed by atoms with E-state index in [9.17, 15) is 10.1 Å². The number of carbonyl (C=O) groups excluding carboxylic acids is 1. The van der Waals surface area contributed by atoms with Crippen LogP contribution in [0.25, 0.3) is 0 Å². The average Bonchev–Trinajstić information content (AvgIpc) is 2.49. The lowest BCUT2D eigenvalue weighted by molar-refractivity contribution is -0.139. The van der Waals surface area contributed by atoms with Crippen molar-refractivity contribution < 1.29 is 4.79 Å². The second kappa shape index (κ2) is 6.76. The summed E-state index contributed by atoms with van der Waals surface area (Å²) in [5.74, 6) is 0.421. The van der Waals surface area contributed by atoms with Gasteiger partial charge in [-0.1, -0.05) is 44.2 Å². The number of nitriles is 1. The third kappa shape index (κ3) is 3.64. The molecule has 1 aliphatic heterocycles. The molecule has 0 N–H and O–H groups in total. The summed E-state index contributed by atoms with van der Waals surface area (Å²) in [5, 5.41) is 9.41. The van der Waals surface area contributed by atoms with Gasteiger partial charge in [0, 0.05) is 12.6 Å². The highest BCUT2D eigenvalue weighted by Crippen LogP contribution is 2.28. The minimum absolute atomic E-state index is 0.00717. The molecule has 3 heteroatoms. The van der Waals surface area contributed by atoms with Crippen LogP contribution in [0.1, 0.15) is 32.8 Å². The maximum atomic E-state index is 12.7. The van der Waals surface area contributed by atoms with Crippen molar-refractivity contribution in [2.45, 2.75) is 39.7 Å². The largest absolute Gasteiger partial charge is 0.338 e. The van der Waals surface area contributed by atoms with E-state index in [0.29, 0.717) is 18.3 Å². The fourth-order valence-corrected chi connectivity index (χ4v) is 3.24. The van der Waals surface area contributed by atoms with Crippen molar-refractivity contribution in [2.24, 2.45) is 17.8 Å². The van der Waals surface area contributed by atoms with Crippen molar-refractivity contribution in [3.8, 4) is 6.07 Å². The molecule has 1 aromatic carbocycles. The van der Waals surface area contributed by atoms with E-state index in [1.165, 1.54) is 0 Å². The number of hydrogen-bond acceptors (Lipinski definition) is 2. The van der Waals surface area contributed by atoms with Crippen LogP contribution in [0.4, 0.5) is 0 Å². The van der Waals surface area contributed by atoms with Gasteiger partial charge >= 0.3 is 0 Å². The van der Waals surface area contributed by atoms with Crippen LogP contribution in [0.5, 0.6) is 0 Å². The normalized spacial score (nSPS) is 27.0. The van der Waals surface area contributed by atoms with Crippen LogP contribution in [0.15, 0.2) is 30.3 Å². The zero-order valence-corrected chi connectivity index (χ0v) is 13.1. The van der Waals surface area contributed by atoms with Crippen LogP contribution in [-0.4, -0.2) is 23.4 Å². The van der Waals surface area contributed by atoms with Gasteiger partial charge in [-0.2, -0.15) is 5.26 Å². The molecule has 112 valence electrons. The molecule has 0 aliphatic carbocycles. The van der Waals surface area contributed by atoms with Gasteiger partial charge in [0.25, 0.3) is 0 Å². The summed E-state index contributed by atoms with van der Waals surface area (Å²) in [6.07, 6.45) is 1.66. The van der Waals surface area contributed by atoms with Gasteiger partial charge in [-0.25, -0.2) is 0 Å². The molecule has 0 radical (unpaired) electrons. The number of piperidine rings is 1. The Balaban J connectivity index is 2.11. The fourth-order valence-electron chi connectivity index (χ4n) is 3.24. The monoisotopic (exact) mass is 284 g/mol. The Kier molecular flexibility index (Phi) is 5.01. The lowest BCUT2D eigenvalue weighted by atomic mass is 9.85. The predicted molar refractivity (Wildman–Crippen MR) is 83.4 cm³/mol. The number of likely N-dealkylation sites (tertiary alicyclic amines) is 1. The Labute approximate surface area is 127 Å². The van der Waals surface area contributed by atoms with E-state index in [0.717, 1.165) is 18.5 Å². The zero-order chi connectivity index (χ0) is 15.4. The van der Waals surface area contributed by atoms with Crippen LogP contribution in [0, 0.1) is 29.1 Å². The number of amides is 1. The quantitative estimate of drug-likeness (QED) is 0.855. The Morgan fingerprint density at radius 2 is 2.00 bits per heavy atom. The van der Waals surface area contributed by atoms with Crippen LogP contribution in [0.3, 0.4) is 0 Å². The minimum Gasteiger partial charge on any atom is -0.338 e. The van der Waals surface area contributed by atoms with E-state index < -0.39 is 5.92 Å². The highest BCUT2D eigenvalue weighted by molar-refractivity contribution is 5.82. The number of hydrogen-bond donors (Lipinski definition) is 0. The molecule has 4 atom stereocenters. The summed E-state index contributed by atoms with van der Waals surface area (Å²) < 4.78 is 0. The summed E-state index contributed by atoms with van der Waals surface area (Å²) in [7, 11) is 0. The van der Waals surface area contributed by atoms with E-state index in [-0.39, 0.29) is 11.9 Å². The molecule has 1 fully saturated rings. The first kappa shape index (κ1) is 15.6. The van der Waals surface area contributed by atoms with Crippen LogP contribution >= 0.6 is 0 Å².